The van der Waals surface area contributed by atoms with Crippen LogP contribution in [0, 0.1) is 0 Å². The van der Waals surface area contributed by atoms with Gasteiger partial charge in [-0.3, -0.25) is 4.79 Å². The van der Waals surface area contributed by atoms with Crippen LogP contribution in [0.15, 0.2) is 31.1 Å². The molecule has 1 aromatic rings. The highest BCUT2D eigenvalue weighted by Crippen LogP contribution is 1.95. The fourth-order valence-electron chi connectivity index (χ4n) is 0.979. The quantitative estimate of drug-likeness (QED) is 0.701. The number of aryl methyl sites for hydroxylation is 1. The van der Waals surface area contributed by atoms with Crippen molar-refractivity contribution >= 4 is 12.0 Å². The van der Waals surface area contributed by atoms with Crippen LogP contribution in [0.5, 0.6) is 0 Å². The van der Waals surface area contributed by atoms with Crippen molar-refractivity contribution in [3.63, 3.8) is 0 Å². The van der Waals surface area contributed by atoms with Gasteiger partial charge in [0.05, 0.1) is 0 Å². The van der Waals surface area contributed by atoms with Crippen molar-refractivity contribution in [3.8, 4) is 0 Å². The van der Waals surface area contributed by atoms with Gasteiger partial charge in [0, 0.05) is 12.1 Å². The lowest BCUT2D eigenvalue weighted by Gasteiger charge is -1.94. The van der Waals surface area contributed by atoms with E-state index in [1.807, 2.05) is 29.1 Å². The summed E-state index contributed by atoms with van der Waals surface area (Å²) >= 11 is 0. The monoisotopic (exact) mass is 178 g/mol. The molecule has 0 saturated carbocycles. The third-order valence-electron chi connectivity index (χ3n) is 1.74. The maximum Gasteiger partial charge on any atom is 0.309 e. The molecule has 1 rings (SSSR count). The van der Waals surface area contributed by atoms with E-state index in [1.165, 1.54) is 0 Å². The predicted octanol–water partition coefficient (Wildman–Crippen LogP) is 1.09. The lowest BCUT2D eigenvalue weighted by Crippen LogP contribution is -2.33. The highest BCUT2D eigenvalue weighted by Gasteiger charge is 2.03. The molecule has 0 atom stereocenters. The Labute approximate surface area is 77.0 Å². The Hall–Kier alpha value is -1.64. The van der Waals surface area contributed by atoms with Crippen LogP contribution in [0.1, 0.15) is 12.0 Å². The van der Waals surface area contributed by atoms with Crippen LogP contribution in [-0.4, -0.2) is 11.1 Å². The summed E-state index contributed by atoms with van der Waals surface area (Å²) in [5, 5.41) is 8.45. The summed E-state index contributed by atoms with van der Waals surface area (Å²) in [4.78, 5) is 10.3. The van der Waals surface area contributed by atoms with Crippen LogP contribution in [0.2, 0.25) is 0 Å². The van der Waals surface area contributed by atoms with Gasteiger partial charge in [0.1, 0.15) is 6.42 Å². The maximum atomic E-state index is 10.3. The molecule has 0 fully saturated rings. The number of carboxylic acid groups (broad SMARTS) is 1. The zero-order valence-electron chi connectivity index (χ0n) is 7.31. The second kappa shape index (κ2) is 4.40. The van der Waals surface area contributed by atoms with E-state index in [1.54, 1.807) is 6.08 Å². The lowest BCUT2D eigenvalue weighted by molar-refractivity contribution is -0.696. The molecule has 0 amide bonds. The minimum atomic E-state index is -0.778. The van der Waals surface area contributed by atoms with E-state index in [9.17, 15) is 4.79 Å². The van der Waals surface area contributed by atoms with E-state index in [4.69, 9.17) is 5.11 Å². The molecule has 0 unspecified atom stereocenters. The van der Waals surface area contributed by atoms with Crippen LogP contribution in [0.4, 0.5) is 0 Å². The molecule has 1 heterocycles. The molecule has 1 N–H and O–H groups in total. The van der Waals surface area contributed by atoms with Gasteiger partial charge in [0.15, 0.2) is 18.9 Å². The fourth-order valence-corrected chi connectivity index (χ4v) is 0.979. The van der Waals surface area contributed by atoms with Crippen molar-refractivity contribution in [2.45, 2.75) is 13.0 Å². The number of aromatic nitrogens is 1. The maximum absolute atomic E-state index is 10.3. The van der Waals surface area contributed by atoms with Crippen molar-refractivity contribution in [2.24, 2.45) is 0 Å². The summed E-state index contributed by atoms with van der Waals surface area (Å²) in [6.07, 6.45) is 5.60. The Bertz CT molecular complexity index is 303. The Balaban J connectivity index is 2.59. The zero-order chi connectivity index (χ0) is 9.68. The average molecular weight is 178 g/mol. The Morgan fingerprint density at radius 2 is 2.15 bits per heavy atom. The second-order valence-corrected chi connectivity index (χ2v) is 2.72. The highest BCUT2D eigenvalue weighted by atomic mass is 16.4. The molecule has 0 spiro atoms. The van der Waals surface area contributed by atoms with Gasteiger partial charge in [0.25, 0.3) is 0 Å². The molecule has 0 aliphatic rings. The Morgan fingerprint density at radius 1 is 1.54 bits per heavy atom. The zero-order valence-corrected chi connectivity index (χ0v) is 7.31. The molecule has 0 saturated heterocycles. The van der Waals surface area contributed by atoms with Crippen molar-refractivity contribution in [2.75, 3.05) is 0 Å². The van der Waals surface area contributed by atoms with Crippen LogP contribution in [-0.2, 0) is 11.3 Å². The van der Waals surface area contributed by atoms with Crippen molar-refractivity contribution in [1.82, 2.24) is 0 Å². The Kier molecular flexibility index (Phi) is 3.20. The SMILES string of the molecule is C=Cc1cc[n+](CCC(=O)O)cc1. The first-order valence-electron chi connectivity index (χ1n) is 4.05. The number of nitrogens with zero attached hydrogens (tertiary/aromatic N) is 1. The van der Waals surface area contributed by atoms with E-state index in [0.29, 0.717) is 6.54 Å². The van der Waals surface area contributed by atoms with Crippen molar-refractivity contribution < 1.29 is 14.5 Å². The number of carboxylic acids is 1. The minimum absolute atomic E-state index is 0.151. The smallest absolute Gasteiger partial charge is 0.309 e. The summed E-state index contributed by atoms with van der Waals surface area (Å²) in [6.45, 7) is 4.14. The molecule has 0 aromatic carbocycles. The third kappa shape index (κ3) is 3.07. The first kappa shape index (κ1) is 9.45. The van der Waals surface area contributed by atoms with Gasteiger partial charge in [-0.2, -0.15) is 0 Å². The molecule has 0 aliphatic carbocycles. The van der Waals surface area contributed by atoms with Crippen molar-refractivity contribution in [1.29, 1.82) is 0 Å². The van der Waals surface area contributed by atoms with Gasteiger partial charge in [-0.1, -0.05) is 12.7 Å². The van der Waals surface area contributed by atoms with Gasteiger partial charge < -0.3 is 5.11 Å². The largest absolute Gasteiger partial charge is 0.481 e. The summed E-state index contributed by atoms with van der Waals surface area (Å²) in [5.74, 6) is -0.778. The van der Waals surface area contributed by atoms with Gasteiger partial charge in [-0.15, -0.1) is 0 Å². The molecule has 0 aliphatic heterocycles. The van der Waals surface area contributed by atoms with E-state index in [0.717, 1.165) is 5.56 Å². The minimum Gasteiger partial charge on any atom is -0.481 e. The number of hydrogen-bond acceptors (Lipinski definition) is 1. The molecule has 1 aromatic heterocycles. The number of hydrogen-bond donors (Lipinski definition) is 1. The van der Waals surface area contributed by atoms with Crippen LogP contribution >= 0.6 is 0 Å². The normalized spacial score (nSPS) is 9.54. The number of pyridine rings is 1. The summed E-state index contributed by atoms with van der Waals surface area (Å²) < 4.78 is 1.83. The molecule has 13 heavy (non-hydrogen) atoms. The van der Waals surface area contributed by atoms with Gasteiger partial charge in [0.2, 0.25) is 0 Å². The van der Waals surface area contributed by atoms with Crippen LogP contribution < -0.4 is 4.57 Å². The van der Waals surface area contributed by atoms with Crippen molar-refractivity contribution in [3.05, 3.63) is 36.7 Å². The molecular weight excluding hydrogens is 166 g/mol. The summed E-state index contributed by atoms with van der Waals surface area (Å²) in [6, 6.07) is 3.80. The van der Waals surface area contributed by atoms with E-state index in [2.05, 4.69) is 6.58 Å². The van der Waals surface area contributed by atoms with E-state index >= 15 is 0 Å². The first-order valence-corrected chi connectivity index (χ1v) is 4.05. The highest BCUT2D eigenvalue weighted by molar-refractivity contribution is 5.66. The average Bonchev–Trinajstić information content (AvgIpc) is 2.15. The fraction of sp³-hybridized carbons (Fsp3) is 0.200. The number of carbonyl (C=O) groups is 1. The lowest BCUT2D eigenvalue weighted by atomic mass is 10.2. The Morgan fingerprint density at radius 3 is 2.62 bits per heavy atom. The second-order valence-electron chi connectivity index (χ2n) is 2.72. The summed E-state index contributed by atoms with van der Waals surface area (Å²) in [7, 11) is 0. The van der Waals surface area contributed by atoms with E-state index in [-0.39, 0.29) is 6.42 Å². The molecule has 0 bridgehead atoms. The third-order valence-corrected chi connectivity index (χ3v) is 1.74. The summed E-state index contributed by atoms with van der Waals surface area (Å²) in [5.41, 5.74) is 1.03. The molecule has 3 nitrogen and oxygen atoms in total. The molecular formula is C10H12NO2+. The van der Waals surface area contributed by atoms with Crippen LogP contribution in [0.25, 0.3) is 6.08 Å². The number of rotatable bonds is 4. The molecule has 3 heteroatoms. The molecule has 68 valence electrons. The first-order chi connectivity index (χ1) is 6.22. The number of aliphatic carboxylic acids is 1. The van der Waals surface area contributed by atoms with E-state index < -0.39 is 5.97 Å². The van der Waals surface area contributed by atoms with Gasteiger partial charge in [-0.25, -0.2) is 4.57 Å². The topological polar surface area (TPSA) is 41.2 Å². The standard InChI is InChI=1S/C10H11NO2/c1-2-9-3-6-11(7-4-9)8-5-10(12)13/h2-4,6-7H,1,5,8H2/p+1. The predicted molar refractivity (Wildman–Crippen MR) is 49.0 cm³/mol. The van der Waals surface area contributed by atoms with Gasteiger partial charge in [-0.05, 0) is 5.56 Å². The van der Waals surface area contributed by atoms with Crippen LogP contribution in [0.3, 0.4) is 0 Å². The molecule has 0 radical (unpaired) electrons. The van der Waals surface area contributed by atoms with Gasteiger partial charge >= 0.3 is 5.97 Å².